The summed E-state index contributed by atoms with van der Waals surface area (Å²) in [5.41, 5.74) is 0.782. The third-order valence-corrected chi connectivity index (χ3v) is 3.61. The van der Waals surface area contributed by atoms with Crippen molar-refractivity contribution in [2.45, 2.75) is 13.5 Å². The van der Waals surface area contributed by atoms with Crippen LogP contribution in [-0.4, -0.2) is 22.1 Å². The summed E-state index contributed by atoms with van der Waals surface area (Å²) in [7, 11) is 0. The van der Waals surface area contributed by atoms with E-state index in [0.29, 0.717) is 12.1 Å². The van der Waals surface area contributed by atoms with Gasteiger partial charge in [0.1, 0.15) is 11.4 Å². The van der Waals surface area contributed by atoms with Crippen LogP contribution in [0.5, 0.6) is 0 Å². The molecule has 0 unspecified atom stereocenters. The number of rotatable bonds is 4. The lowest BCUT2D eigenvalue weighted by Crippen LogP contribution is -2.21. The number of esters is 1. The van der Waals surface area contributed by atoms with Crippen molar-refractivity contribution in [2.24, 2.45) is 0 Å². The van der Waals surface area contributed by atoms with Crippen LogP contribution in [0.3, 0.4) is 0 Å². The summed E-state index contributed by atoms with van der Waals surface area (Å²) in [4.78, 5) is 28.6. The highest BCUT2D eigenvalue weighted by Crippen LogP contribution is 2.16. The molecule has 0 fully saturated rings. The standard InChI is InChI=1S/C18H15FN2O3/c1-2-24-18(23)15-11-21(10-12-4-3-7-20-9-12)16-6-5-13(19)8-14(16)17(15)22/h3-9,11H,2,10H2,1H3. The van der Waals surface area contributed by atoms with Gasteiger partial charge in [-0.05, 0) is 36.8 Å². The maximum absolute atomic E-state index is 13.6. The molecule has 0 aliphatic rings. The number of carbonyl (C=O) groups excluding carboxylic acids is 1. The highest BCUT2D eigenvalue weighted by Gasteiger charge is 2.17. The van der Waals surface area contributed by atoms with Gasteiger partial charge < -0.3 is 9.30 Å². The number of nitrogens with zero attached hydrogens (tertiary/aromatic N) is 2. The molecule has 0 spiro atoms. The largest absolute Gasteiger partial charge is 0.462 e. The van der Waals surface area contributed by atoms with Crippen molar-refractivity contribution >= 4 is 16.9 Å². The first kappa shape index (κ1) is 15.9. The number of carbonyl (C=O) groups is 1. The maximum Gasteiger partial charge on any atom is 0.343 e. The van der Waals surface area contributed by atoms with Crippen LogP contribution in [0.1, 0.15) is 22.8 Å². The zero-order chi connectivity index (χ0) is 17.1. The molecular formula is C18H15FN2O3. The Morgan fingerprint density at radius 1 is 1.33 bits per heavy atom. The van der Waals surface area contributed by atoms with Crippen LogP contribution >= 0.6 is 0 Å². The minimum Gasteiger partial charge on any atom is -0.462 e. The van der Waals surface area contributed by atoms with E-state index in [2.05, 4.69) is 4.98 Å². The molecule has 5 nitrogen and oxygen atoms in total. The topological polar surface area (TPSA) is 61.2 Å². The molecule has 2 heterocycles. The smallest absolute Gasteiger partial charge is 0.343 e. The number of fused-ring (bicyclic) bond motifs is 1. The number of ether oxygens (including phenoxy) is 1. The van der Waals surface area contributed by atoms with E-state index in [1.54, 1.807) is 30.0 Å². The summed E-state index contributed by atoms with van der Waals surface area (Å²) in [6.45, 7) is 2.21. The fourth-order valence-electron chi connectivity index (χ4n) is 2.54. The van der Waals surface area contributed by atoms with Crippen molar-refractivity contribution in [3.8, 4) is 0 Å². The van der Waals surface area contributed by atoms with Crippen molar-refractivity contribution in [1.29, 1.82) is 0 Å². The Morgan fingerprint density at radius 3 is 2.88 bits per heavy atom. The number of hydrogen-bond donors (Lipinski definition) is 0. The van der Waals surface area contributed by atoms with Gasteiger partial charge in [0.05, 0.1) is 12.1 Å². The number of pyridine rings is 2. The zero-order valence-corrected chi connectivity index (χ0v) is 13.0. The van der Waals surface area contributed by atoms with Crippen molar-refractivity contribution in [3.05, 3.63) is 76.1 Å². The molecule has 0 atom stereocenters. The van der Waals surface area contributed by atoms with Crippen LogP contribution in [-0.2, 0) is 11.3 Å². The Kier molecular flexibility index (Phi) is 4.37. The Hall–Kier alpha value is -3.02. The fraction of sp³-hybridized carbons (Fsp3) is 0.167. The number of benzene rings is 1. The van der Waals surface area contributed by atoms with E-state index < -0.39 is 17.2 Å². The van der Waals surface area contributed by atoms with Crippen LogP contribution in [0.4, 0.5) is 4.39 Å². The van der Waals surface area contributed by atoms with Gasteiger partial charge in [0.2, 0.25) is 5.43 Å². The van der Waals surface area contributed by atoms with Crippen LogP contribution in [0.15, 0.2) is 53.7 Å². The van der Waals surface area contributed by atoms with Gasteiger partial charge in [-0.3, -0.25) is 9.78 Å². The van der Waals surface area contributed by atoms with Crippen LogP contribution in [0.25, 0.3) is 10.9 Å². The molecule has 0 saturated carbocycles. The normalized spacial score (nSPS) is 10.8. The molecule has 0 amide bonds. The van der Waals surface area contributed by atoms with E-state index in [0.717, 1.165) is 11.6 Å². The second-order valence-corrected chi connectivity index (χ2v) is 5.24. The molecule has 6 heteroatoms. The first-order valence-corrected chi connectivity index (χ1v) is 7.49. The van der Waals surface area contributed by atoms with Gasteiger partial charge in [-0.1, -0.05) is 6.07 Å². The van der Waals surface area contributed by atoms with Crippen LogP contribution < -0.4 is 5.43 Å². The van der Waals surface area contributed by atoms with E-state index in [9.17, 15) is 14.0 Å². The first-order valence-electron chi connectivity index (χ1n) is 7.49. The number of aromatic nitrogens is 2. The molecule has 3 aromatic rings. The fourth-order valence-corrected chi connectivity index (χ4v) is 2.54. The molecule has 2 aromatic heterocycles. The summed E-state index contributed by atoms with van der Waals surface area (Å²) < 4.78 is 20.2. The molecule has 3 rings (SSSR count). The van der Waals surface area contributed by atoms with Crippen LogP contribution in [0, 0.1) is 5.82 Å². The number of hydrogen-bond acceptors (Lipinski definition) is 4. The third-order valence-electron chi connectivity index (χ3n) is 3.61. The molecule has 0 bridgehead atoms. The SMILES string of the molecule is CCOC(=O)c1cn(Cc2cccnc2)c2ccc(F)cc2c1=O. The Morgan fingerprint density at radius 2 is 2.17 bits per heavy atom. The average Bonchev–Trinajstić information content (AvgIpc) is 2.58. The second-order valence-electron chi connectivity index (χ2n) is 5.24. The molecule has 24 heavy (non-hydrogen) atoms. The molecule has 0 N–H and O–H groups in total. The zero-order valence-electron chi connectivity index (χ0n) is 13.0. The second kappa shape index (κ2) is 6.62. The lowest BCUT2D eigenvalue weighted by molar-refractivity contribution is 0.0524. The minimum absolute atomic E-state index is 0.112. The Balaban J connectivity index is 2.21. The highest BCUT2D eigenvalue weighted by molar-refractivity contribution is 5.93. The van der Waals surface area contributed by atoms with Gasteiger partial charge >= 0.3 is 5.97 Å². The molecule has 0 aliphatic heterocycles. The van der Waals surface area contributed by atoms with Gasteiger partial charge in [0.15, 0.2) is 0 Å². The molecule has 0 saturated heterocycles. The maximum atomic E-state index is 13.6. The van der Waals surface area contributed by atoms with E-state index in [-0.39, 0.29) is 17.6 Å². The van der Waals surface area contributed by atoms with Crippen molar-refractivity contribution in [3.63, 3.8) is 0 Å². The highest BCUT2D eigenvalue weighted by atomic mass is 19.1. The first-order chi connectivity index (χ1) is 11.6. The number of halogens is 1. The molecule has 122 valence electrons. The Labute approximate surface area is 137 Å². The lowest BCUT2D eigenvalue weighted by Gasteiger charge is -2.13. The predicted molar refractivity (Wildman–Crippen MR) is 87.5 cm³/mol. The summed E-state index contributed by atoms with van der Waals surface area (Å²) in [5.74, 6) is -1.25. The summed E-state index contributed by atoms with van der Waals surface area (Å²) >= 11 is 0. The quantitative estimate of drug-likeness (QED) is 0.692. The molecular weight excluding hydrogens is 311 g/mol. The lowest BCUT2D eigenvalue weighted by atomic mass is 10.1. The Bertz CT molecular complexity index is 952. The van der Waals surface area contributed by atoms with E-state index >= 15 is 0 Å². The van der Waals surface area contributed by atoms with Gasteiger partial charge in [0, 0.05) is 30.5 Å². The summed E-state index contributed by atoms with van der Waals surface area (Å²) in [6.07, 6.45) is 4.80. The predicted octanol–water partition coefficient (Wildman–Crippen LogP) is 2.76. The van der Waals surface area contributed by atoms with Gasteiger partial charge in [-0.2, -0.15) is 0 Å². The van der Waals surface area contributed by atoms with Crippen molar-refractivity contribution in [1.82, 2.24) is 9.55 Å². The average molecular weight is 326 g/mol. The van der Waals surface area contributed by atoms with Gasteiger partial charge in [0.25, 0.3) is 0 Å². The minimum atomic E-state index is -0.714. The van der Waals surface area contributed by atoms with Crippen molar-refractivity contribution < 1.29 is 13.9 Å². The monoisotopic (exact) mass is 326 g/mol. The van der Waals surface area contributed by atoms with Crippen LogP contribution in [0.2, 0.25) is 0 Å². The third kappa shape index (κ3) is 3.03. The van der Waals surface area contributed by atoms with Gasteiger partial charge in [-0.15, -0.1) is 0 Å². The van der Waals surface area contributed by atoms with E-state index in [1.165, 1.54) is 18.3 Å². The van der Waals surface area contributed by atoms with E-state index in [1.807, 2.05) is 6.07 Å². The summed E-state index contributed by atoms with van der Waals surface area (Å²) in [5, 5.41) is 0.143. The molecule has 1 aromatic carbocycles. The van der Waals surface area contributed by atoms with Crippen molar-refractivity contribution in [2.75, 3.05) is 6.61 Å². The summed E-state index contributed by atoms with van der Waals surface area (Å²) in [6, 6.07) is 7.62. The molecule has 0 aliphatic carbocycles. The molecule has 0 radical (unpaired) electrons. The van der Waals surface area contributed by atoms with E-state index in [4.69, 9.17) is 4.74 Å². The van der Waals surface area contributed by atoms with Gasteiger partial charge in [-0.25, -0.2) is 9.18 Å².